The highest BCUT2D eigenvalue weighted by atomic mass is 13.8. The van der Waals surface area contributed by atoms with E-state index in [9.17, 15) is 0 Å². The predicted molar refractivity (Wildman–Crippen MR) is 71.9 cm³/mol. The molecular formula is C16H17. The van der Waals surface area contributed by atoms with E-state index in [1.807, 2.05) is 66.8 Å². The summed E-state index contributed by atoms with van der Waals surface area (Å²) in [5, 5.41) is 0. The van der Waals surface area contributed by atoms with Crippen molar-refractivity contribution in [2.45, 2.75) is 12.8 Å². The van der Waals surface area contributed by atoms with E-state index in [0.29, 0.717) is 0 Å². The quantitative estimate of drug-likeness (QED) is 0.552. The first-order valence-corrected chi connectivity index (χ1v) is 5.55. The minimum absolute atomic E-state index is 0.966. The van der Waals surface area contributed by atoms with Crippen LogP contribution < -0.4 is 0 Å². The maximum absolute atomic E-state index is 3.21. The first-order valence-electron chi connectivity index (χ1n) is 5.55. The van der Waals surface area contributed by atoms with Crippen molar-refractivity contribution in [2.24, 2.45) is 0 Å². The highest BCUT2D eigenvalue weighted by Gasteiger charge is 1.74. The summed E-state index contributed by atoms with van der Waals surface area (Å²) in [6, 6.07) is 0. The van der Waals surface area contributed by atoms with E-state index in [1.54, 1.807) is 0 Å². The molecule has 1 aliphatic carbocycles. The van der Waals surface area contributed by atoms with Crippen LogP contribution in [0.3, 0.4) is 0 Å². The van der Waals surface area contributed by atoms with E-state index < -0.39 is 0 Å². The molecule has 0 atom stereocenters. The van der Waals surface area contributed by atoms with Gasteiger partial charge in [0.15, 0.2) is 0 Å². The van der Waals surface area contributed by atoms with Gasteiger partial charge in [0.25, 0.3) is 0 Å². The van der Waals surface area contributed by atoms with Gasteiger partial charge in [-0.1, -0.05) is 79.0 Å². The maximum Gasteiger partial charge on any atom is -0.0241 e. The van der Waals surface area contributed by atoms with Crippen LogP contribution in [0.5, 0.6) is 0 Å². The molecule has 0 spiro atoms. The first kappa shape index (κ1) is 12.3. The summed E-state index contributed by atoms with van der Waals surface area (Å²) in [6.45, 7) is 0. The third-order valence-electron chi connectivity index (χ3n) is 1.92. The molecule has 1 aliphatic rings. The summed E-state index contributed by atoms with van der Waals surface area (Å²) in [5.41, 5.74) is 0. The Kier molecular flexibility index (Phi) is 7.45. The van der Waals surface area contributed by atoms with Crippen molar-refractivity contribution >= 4 is 0 Å². The number of allylic oxidation sites excluding steroid dienone is 14. The van der Waals surface area contributed by atoms with Crippen LogP contribution in [0.4, 0.5) is 0 Å². The molecule has 0 aliphatic heterocycles. The molecule has 0 heterocycles. The van der Waals surface area contributed by atoms with Gasteiger partial charge in [-0.2, -0.15) is 0 Å². The Morgan fingerprint density at radius 1 is 0.562 bits per heavy atom. The Labute approximate surface area is 98.4 Å². The molecule has 0 heteroatoms. The maximum atomic E-state index is 3.21. The van der Waals surface area contributed by atoms with Crippen LogP contribution >= 0.6 is 0 Å². The third kappa shape index (κ3) is 7.57. The van der Waals surface area contributed by atoms with Gasteiger partial charge >= 0.3 is 0 Å². The first-order chi connectivity index (χ1) is 8.00. The summed E-state index contributed by atoms with van der Waals surface area (Å²) >= 11 is 0. The van der Waals surface area contributed by atoms with Gasteiger partial charge in [0.1, 0.15) is 0 Å². The van der Waals surface area contributed by atoms with Gasteiger partial charge in [0, 0.05) is 0 Å². The average Bonchev–Trinajstić information content (AvgIpc) is 2.29. The smallest absolute Gasteiger partial charge is 0.0241 e. The largest absolute Gasteiger partial charge is 0.0842 e. The molecule has 0 aromatic heterocycles. The zero-order chi connectivity index (χ0) is 11.3. The van der Waals surface area contributed by atoms with Crippen LogP contribution in [0, 0.1) is 6.08 Å². The predicted octanol–water partition coefficient (Wildman–Crippen LogP) is 4.48. The second-order valence-corrected chi connectivity index (χ2v) is 3.26. The van der Waals surface area contributed by atoms with E-state index in [2.05, 4.69) is 18.2 Å². The van der Waals surface area contributed by atoms with Crippen molar-refractivity contribution in [3.8, 4) is 0 Å². The van der Waals surface area contributed by atoms with Crippen LogP contribution in [0.25, 0.3) is 0 Å². The summed E-state index contributed by atoms with van der Waals surface area (Å²) in [7, 11) is 0. The van der Waals surface area contributed by atoms with Crippen LogP contribution in [-0.4, -0.2) is 0 Å². The standard InChI is InChI=1S/C16H17/c1-2-4-6-8-10-12-14-16-15-13-11-9-7-5-3-1/h1-13H,14,16H2/b3-1+,4-2+,7-5-,8-6-,11-9+,12-10+,15-13?. The Bertz CT molecular complexity index is 321. The zero-order valence-electron chi connectivity index (χ0n) is 9.42. The Morgan fingerprint density at radius 2 is 1.06 bits per heavy atom. The molecule has 0 fully saturated rings. The van der Waals surface area contributed by atoms with E-state index >= 15 is 0 Å². The minimum atomic E-state index is 0.966. The zero-order valence-corrected chi connectivity index (χ0v) is 9.42. The molecule has 81 valence electrons. The number of rotatable bonds is 0. The van der Waals surface area contributed by atoms with E-state index in [-0.39, 0.29) is 0 Å². The molecule has 0 N–H and O–H groups in total. The highest BCUT2D eigenvalue weighted by Crippen LogP contribution is 1.94. The molecular weight excluding hydrogens is 192 g/mol. The molecule has 0 amide bonds. The van der Waals surface area contributed by atoms with E-state index in [4.69, 9.17) is 0 Å². The Hall–Kier alpha value is -1.82. The fourth-order valence-electron chi connectivity index (χ4n) is 1.13. The average molecular weight is 209 g/mol. The van der Waals surface area contributed by atoms with Gasteiger partial charge < -0.3 is 0 Å². The summed E-state index contributed by atoms with van der Waals surface area (Å²) in [6.07, 6.45) is 31.5. The third-order valence-corrected chi connectivity index (χ3v) is 1.92. The van der Waals surface area contributed by atoms with Gasteiger partial charge in [-0.15, -0.1) is 0 Å². The molecule has 1 rings (SSSR count). The van der Waals surface area contributed by atoms with Crippen molar-refractivity contribution in [2.75, 3.05) is 0 Å². The fraction of sp³-hybridized carbons (Fsp3) is 0.125. The molecule has 16 heavy (non-hydrogen) atoms. The van der Waals surface area contributed by atoms with Crippen molar-refractivity contribution in [1.82, 2.24) is 0 Å². The molecule has 0 aromatic carbocycles. The Balaban J connectivity index is 2.57. The van der Waals surface area contributed by atoms with Crippen LogP contribution in [0.2, 0.25) is 0 Å². The van der Waals surface area contributed by atoms with Crippen molar-refractivity contribution in [3.63, 3.8) is 0 Å². The van der Waals surface area contributed by atoms with Gasteiger partial charge in [0.05, 0.1) is 0 Å². The fourth-order valence-corrected chi connectivity index (χ4v) is 1.13. The molecule has 0 unspecified atom stereocenters. The van der Waals surface area contributed by atoms with Gasteiger partial charge in [-0.3, -0.25) is 0 Å². The van der Waals surface area contributed by atoms with Crippen LogP contribution in [0.15, 0.2) is 79.0 Å². The van der Waals surface area contributed by atoms with Crippen LogP contribution in [0.1, 0.15) is 12.8 Å². The summed E-state index contributed by atoms with van der Waals surface area (Å²) < 4.78 is 0. The molecule has 0 nitrogen and oxygen atoms in total. The van der Waals surface area contributed by atoms with E-state index in [0.717, 1.165) is 12.8 Å². The lowest BCUT2D eigenvalue weighted by atomic mass is 10.2. The van der Waals surface area contributed by atoms with Gasteiger partial charge in [-0.25, -0.2) is 0 Å². The minimum Gasteiger partial charge on any atom is -0.0842 e. The Morgan fingerprint density at radius 3 is 1.69 bits per heavy atom. The van der Waals surface area contributed by atoms with Gasteiger partial charge in [0.2, 0.25) is 0 Å². The second kappa shape index (κ2) is 9.72. The SMILES string of the molecule is [C]1=C/C=C/C=C\C=C\C=C\C=C/C=C/CC/1. The van der Waals surface area contributed by atoms with E-state index in [1.165, 1.54) is 0 Å². The number of hydrogen-bond acceptors (Lipinski definition) is 0. The molecule has 0 saturated carbocycles. The highest BCUT2D eigenvalue weighted by molar-refractivity contribution is 5.20. The molecule has 0 bridgehead atoms. The van der Waals surface area contributed by atoms with Crippen molar-refractivity contribution in [1.29, 1.82) is 0 Å². The normalized spacial score (nSPS) is 31.0. The van der Waals surface area contributed by atoms with Crippen LogP contribution in [-0.2, 0) is 0 Å². The monoisotopic (exact) mass is 209 g/mol. The topological polar surface area (TPSA) is 0 Å². The van der Waals surface area contributed by atoms with Gasteiger partial charge in [-0.05, 0) is 18.9 Å². The number of hydrogen-bond donors (Lipinski definition) is 0. The second-order valence-electron chi connectivity index (χ2n) is 3.26. The lowest BCUT2D eigenvalue weighted by Gasteiger charge is -1.83. The molecule has 0 saturated heterocycles. The molecule has 1 radical (unpaired) electrons. The van der Waals surface area contributed by atoms with Crippen molar-refractivity contribution in [3.05, 3.63) is 85.1 Å². The summed E-state index contributed by atoms with van der Waals surface area (Å²) in [5.74, 6) is 0. The van der Waals surface area contributed by atoms with Crippen molar-refractivity contribution < 1.29 is 0 Å². The lowest BCUT2D eigenvalue weighted by molar-refractivity contribution is 1.03. The summed E-state index contributed by atoms with van der Waals surface area (Å²) in [4.78, 5) is 0. The molecule has 0 aromatic rings. The lowest BCUT2D eigenvalue weighted by Crippen LogP contribution is -1.64.